The number of nitrogens with zero attached hydrogens (tertiary/aromatic N) is 1. The van der Waals surface area contributed by atoms with Gasteiger partial charge in [0.25, 0.3) is 5.78 Å². The summed E-state index contributed by atoms with van der Waals surface area (Å²) >= 11 is 0. The highest BCUT2D eigenvalue weighted by molar-refractivity contribution is 5.95. The number of hydrogen-bond donors (Lipinski definition) is 1. The molecule has 0 unspecified atom stereocenters. The largest absolute Gasteiger partial charge is 0.454 e. The minimum absolute atomic E-state index is 0.0867. The Hall–Kier alpha value is -1.85. The molecule has 0 aliphatic rings. The predicted molar refractivity (Wildman–Crippen MR) is 57.4 cm³/mol. The topological polar surface area (TPSA) is 42.0 Å². The minimum atomic E-state index is -4.84. The molecular weight excluding hydrogens is 233 g/mol. The van der Waals surface area contributed by atoms with Crippen LogP contribution in [-0.4, -0.2) is 16.9 Å². The SMILES string of the molecule is C/C(=C\C(=O)C(F)(F)F)Nc1ccc(C)cn1. The first-order valence-electron chi connectivity index (χ1n) is 4.78. The molecule has 1 heterocycles. The second kappa shape index (κ2) is 4.99. The molecule has 1 rings (SSSR count). The van der Waals surface area contributed by atoms with Crippen LogP contribution in [0.2, 0.25) is 0 Å². The number of rotatable bonds is 3. The van der Waals surface area contributed by atoms with E-state index in [2.05, 4.69) is 10.3 Å². The molecule has 3 nitrogen and oxygen atoms in total. The summed E-state index contributed by atoms with van der Waals surface area (Å²) in [5.74, 6) is -1.51. The van der Waals surface area contributed by atoms with Gasteiger partial charge in [0.15, 0.2) is 0 Å². The highest BCUT2D eigenvalue weighted by Crippen LogP contribution is 2.17. The number of halogens is 3. The van der Waals surface area contributed by atoms with E-state index in [-0.39, 0.29) is 5.70 Å². The van der Waals surface area contributed by atoms with Crippen LogP contribution in [0, 0.1) is 6.92 Å². The van der Waals surface area contributed by atoms with Crippen molar-refractivity contribution < 1.29 is 18.0 Å². The summed E-state index contributed by atoms with van der Waals surface area (Å²) in [4.78, 5) is 14.6. The van der Waals surface area contributed by atoms with E-state index >= 15 is 0 Å². The molecule has 0 aromatic carbocycles. The third-order valence-corrected chi connectivity index (χ3v) is 1.86. The van der Waals surface area contributed by atoms with E-state index in [1.807, 2.05) is 6.92 Å². The molecule has 0 aliphatic carbocycles. The van der Waals surface area contributed by atoms with Crippen molar-refractivity contribution in [2.24, 2.45) is 0 Å². The van der Waals surface area contributed by atoms with Gasteiger partial charge >= 0.3 is 6.18 Å². The number of nitrogens with one attached hydrogen (secondary N) is 1. The van der Waals surface area contributed by atoms with E-state index in [1.165, 1.54) is 6.92 Å². The lowest BCUT2D eigenvalue weighted by atomic mass is 10.3. The summed E-state index contributed by atoms with van der Waals surface area (Å²) in [7, 11) is 0. The summed E-state index contributed by atoms with van der Waals surface area (Å²) in [6.07, 6.45) is -2.77. The number of aromatic nitrogens is 1. The Labute approximate surface area is 96.4 Å². The summed E-state index contributed by atoms with van der Waals surface area (Å²) in [5.41, 5.74) is 1.02. The molecule has 1 N–H and O–H groups in total. The van der Waals surface area contributed by atoms with Gasteiger partial charge in [0.2, 0.25) is 0 Å². The molecule has 0 amide bonds. The number of alkyl halides is 3. The zero-order chi connectivity index (χ0) is 13.1. The fraction of sp³-hybridized carbons (Fsp3) is 0.273. The van der Waals surface area contributed by atoms with Crippen LogP contribution >= 0.6 is 0 Å². The third-order valence-electron chi connectivity index (χ3n) is 1.86. The fourth-order valence-electron chi connectivity index (χ4n) is 1.06. The van der Waals surface area contributed by atoms with Gasteiger partial charge in [-0.1, -0.05) is 6.07 Å². The average Bonchev–Trinajstić information content (AvgIpc) is 2.20. The van der Waals surface area contributed by atoms with Gasteiger partial charge in [-0.15, -0.1) is 0 Å². The Bertz CT molecular complexity index is 435. The lowest BCUT2D eigenvalue weighted by Crippen LogP contribution is -2.21. The molecule has 0 aliphatic heterocycles. The molecule has 0 bridgehead atoms. The van der Waals surface area contributed by atoms with Gasteiger partial charge in [0, 0.05) is 18.0 Å². The highest BCUT2D eigenvalue weighted by Gasteiger charge is 2.36. The molecular formula is C11H11F3N2O. The first-order chi connectivity index (χ1) is 7.79. The second-order valence-corrected chi connectivity index (χ2v) is 3.54. The van der Waals surface area contributed by atoms with E-state index < -0.39 is 12.0 Å². The maximum atomic E-state index is 12.0. The van der Waals surface area contributed by atoms with Crippen LogP contribution in [0.4, 0.5) is 19.0 Å². The van der Waals surface area contributed by atoms with Gasteiger partial charge < -0.3 is 5.32 Å². The Morgan fingerprint density at radius 1 is 1.41 bits per heavy atom. The van der Waals surface area contributed by atoms with Crippen LogP contribution in [0.1, 0.15) is 12.5 Å². The van der Waals surface area contributed by atoms with Gasteiger partial charge in [-0.2, -0.15) is 13.2 Å². The average molecular weight is 244 g/mol. The molecule has 6 heteroatoms. The lowest BCUT2D eigenvalue weighted by Gasteiger charge is -2.06. The van der Waals surface area contributed by atoms with Gasteiger partial charge in [-0.3, -0.25) is 4.79 Å². The number of pyridine rings is 1. The second-order valence-electron chi connectivity index (χ2n) is 3.54. The van der Waals surface area contributed by atoms with Crippen molar-refractivity contribution in [3.63, 3.8) is 0 Å². The maximum absolute atomic E-state index is 12.0. The number of allylic oxidation sites excluding steroid dienone is 2. The molecule has 1 aromatic heterocycles. The fourth-order valence-corrected chi connectivity index (χ4v) is 1.06. The Balaban J connectivity index is 2.72. The standard InChI is InChI=1S/C11H11F3N2O/c1-7-3-4-10(15-6-7)16-8(2)5-9(17)11(12,13)14/h3-6H,1-2H3,(H,15,16)/b8-5+. The zero-order valence-electron chi connectivity index (χ0n) is 9.30. The van der Waals surface area contributed by atoms with E-state index in [0.717, 1.165) is 5.56 Å². The molecule has 92 valence electrons. The summed E-state index contributed by atoms with van der Waals surface area (Å²) in [5, 5.41) is 2.60. The number of carbonyl (C=O) groups is 1. The Kier molecular flexibility index (Phi) is 3.88. The van der Waals surface area contributed by atoms with Crippen LogP contribution in [0.15, 0.2) is 30.1 Å². The summed E-state index contributed by atoms with van der Waals surface area (Å²) < 4.78 is 35.9. The number of hydrogen-bond acceptors (Lipinski definition) is 3. The smallest absolute Gasteiger partial charge is 0.344 e. The molecule has 0 fully saturated rings. The quantitative estimate of drug-likeness (QED) is 0.831. The minimum Gasteiger partial charge on any atom is -0.344 e. The number of ketones is 1. The van der Waals surface area contributed by atoms with Crippen LogP contribution in [0.25, 0.3) is 0 Å². The number of aryl methyl sites for hydroxylation is 1. The van der Waals surface area contributed by atoms with Gasteiger partial charge in [0.1, 0.15) is 5.82 Å². The molecule has 17 heavy (non-hydrogen) atoms. The number of carbonyl (C=O) groups excluding carboxylic acids is 1. The first-order valence-corrected chi connectivity index (χ1v) is 4.78. The van der Waals surface area contributed by atoms with Crippen LogP contribution in [-0.2, 0) is 4.79 Å². The lowest BCUT2D eigenvalue weighted by molar-refractivity contribution is -0.165. The van der Waals surface area contributed by atoms with Crippen molar-refractivity contribution in [2.75, 3.05) is 5.32 Å². The van der Waals surface area contributed by atoms with Crippen molar-refractivity contribution in [3.8, 4) is 0 Å². The van der Waals surface area contributed by atoms with Gasteiger partial charge in [-0.25, -0.2) is 4.98 Å². The predicted octanol–water partition coefficient (Wildman–Crippen LogP) is 2.84. The van der Waals surface area contributed by atoms with E-state index in [0.29, 0.717) is 11.9 Å². The van der Waals surface area contributed by atoms with E-state index in [4.69, 9.17) is 0 Å². The molecule has 0 atom stereocenters. The van der Waals surface area contributed by atoms with Gasteiger partial charge in [-0.05, 0) is 25.5 Å². The van der Waals surface area contributed by atoms with Gasteiger partial charge in [0.05, 0.1) is 0 Å². The third kappa shape index (κ3) is 4.26. The Morgan fingerprint density at radius 2 is 2.06 bits per heavy atom. The highest BCUT2D eigenvalue weighted by atomic mass is 19.4. The van der Waals surface area contributed by atoms with Crippen molar-refractivity contribution in [3.05, 3.63) is 35.7 Å². The zero-order valence-corrected chi connectivity index (χ0v) is 9.30. The molecule has 1 aromatic rings. The van der Waals surface area contributed by atoms with Crippen molar-refractivity contribution >= 4 is 11.6 Å². The molecule has 0 saturated carbocycles. The Morgan fingerprint density at radius 3 is 2.53 bits per heavy atom. The maximum Gasteiger partial charge on any atom is 0.454 e. The van der Waals surface area contributed by atoms with E-state index in [9.17, 15) is 18.0 Å². The van der Waals surface area contributed by atoms with E-state index in [1.54, 1.807) is 18.3 Å². The van der Waals surface area contributed by atoms with Crippen molar-refractivity contribution in [1.29, 1.82) is 0 Å². The molecule has 0 spiro atoms. The van der Waals surface area contributed by atoms with Crippen molar-refractivity contribution in [2.45, 2.75) is 20.0 Å². The van der Waals surface area contributed by atoms with Crippen molar-refractivity contribution in [1.82, 2.24) is 4.98 Å². The monoisotopic (exact) mass is 244 g/mol. The van der Waals surface area contributed by atoms with Crippen LogP contribution in [0.3, 0.4) is 0 Å². The molecule has 0 radical (unpaired) electrons. The number of anilines is 1. The summed E-state index contributed by atoms with van der Waals surface area (Å²) in [6.45, 7) is 3.21. The summed E-state index contributed by atoms with van der Waals surface area (Å²) in [6, 6.07) is 3.37. The molecule has 0 saturated heterocycles. The normalized spacial score (nSPS) is 12.4. The van der Waals surface area contributed by atoms with Crippen LogP contribution in [0.5, 0.6) is 0 Å². The first kappa shape index (κ1) is 13.2. The van der Waals surface area contributed by atoms with Crippen LogP contribution < -0.4 is 5.32 Å².